The maximum atomic E-state index is 11.9. The second-order valence-corrected chi connectivity index (χ2v) is 5.20. The summed E-state index contributed by atoms with van der Waals surface area (Å²) in [6, 6.07) is 5.92. The van der Waals surface area contributed by atoms with Crippen LogP contribution in [0.2, 0.25) is 0 Å². The molecule has 0 spiro atoms. The monoisotopic (exact) mass is 304 g/mol. The van der Waals surface area contributed by atoms with Gasteiger partial charge in [-0.15, -0.1) is 11.3 Å². The number of aliphatic hydroxyl groups excluding tert-OH is 1. The smallest absolute Gasteiger partial charge is 0.251 e. The number of hydrogen-bond donors (Lipinski definition) is 4. The van der Waals surface area contributed by atoms with Crippen LogP contribution in [-0.2, 0) is 6.54 Å². The minimum atomic E-state index is -0.544. The summed E-state index contributed by atoms with van der Waals surface area (Å²) in [6.45, 7) is 0.0912. The van der Waals surface area contributed by atoms with Gasteiger partial charge in [0.25, 0.3) is 11.5 Å². The molecule has 1 amide bonds. The second-order valence-electron chi connectivity index (χ2n) is 4.03. The van der Waals surface area contributed by atoms with Gasteiger partial charge in [-0.1, -0.05) is 11.8 Å². The zero-order valence-corrected chi connectivity index (χ0v) is 11.7. The summed E-state index contributed by atoms with van der Waals surface area (Å²) in [5.41, 5.74) is -0.453. The first kappa shape index (κ1) is 14.8. The van der Waals surface area contributed by atoms with Gasteiger partial charge in [-0.25, -0.2) is 0 Å². The molecule has 0 radical (unpaired) electrons. The van der Waals surface area contributed by atoms with Gasteiger partial charge in [-0.3, -0.25) is 14.6 Å². The van der Waals surface area contributed by atoms with E-state index in [0.717, 1.165) is 15.8 Å². The van der Waals surface area contributed by atoms with Gasteiger partial charge in [0.2, 0.25) is 0 Å². The van der Waals surface area contributed by atoms with Crippen LogP contribution in [0.3, 0.4) is 0 Å². The molecule has 2 aromatic rings. The van der Waals surface area contributed by atoms with Gasteiger partial charge >= 0.3 is 0 Å². The number of hydrogen-bond acceptors (Lipinski definition) is 5. The van der Waals surface area contributed by atoms with E-state index >= 15 is 0 Å². The molecule has 0 bridgehead atoms. The van der Waals surface area contributed by atoms with Gasteiger partial charge in [-0.2, -0.15) is 0 Å². The Morgan fingerprint density at radius 3 is 2.90 bits per heavy atom. The zero-order valence-electron chi connectivity index (χ0n) is 10.8. The molecule has 0 fully saturated rings. The van der Waals surface area contributed by atoms with Crippen molar-refractivity contribution >= 4 is 17.2 Å². The van der Waals surface area contributed by atoms with Gasteiger partial charge in [0.15, 0.2) is 5.88 Å². The Hall–Kier alpha value is -2.56. The number of aromatic hydroxyl groups is 1. The summed E-state index contributed by atoms with van der Waals surface area (Å²) in [5, 5.41) is 20.5. The predicted octanol–water partition coefficient (Wildman–Crippen LogP) is 0.416. The standard InChI is InChI=1S/C14H12N2O4S/c17-5-1-2-10-3-4-11(21-10)8-15-14(20)9-6-12(18)16-13(19)7-9/h3-4,6-7,17H,5,8H2,(H,15,20)(H2,16,18,19). The average molecular weight is 304 g/mol. The average Bonchev–Trinajstić information content (AvgIpc) is 2.89. The molecule has 0 aromatic carbocycles. The van der Waals surface area contributed by atoms with Gasteiger partial charge in [0, 0.05) is 17.0 Å². The highest BCUT2D eigenvalue weighted by molar-refractivity contribution is 7.12. The SMILES string of the molecule is O=C(NCc1ccc(C#CCO)s1)c1cc(O)[nH]c(=O)c1. The quantitative estimate of drug-likeness (QED) is 0.617. The first-order chi connectivity index (χ1) is 10.1. The van der Waals surface area contributed by atoms with Gasteiger partial charge in [0.05, 0.1) is 17.0 Å². The number of carbonyl (C=O) groups is 1. The summed E-state index contributed by atoms with van der Waals surface area (Å²) in [5.74, 6) is 4.51. The third kappa shape index (κ3) is 4.21. The lowest BCUT2D eigenvalue weighted by atomic mass is 10.2. The molecular formula is C14H12N2O4S. The predicted molar refractivity (Wildman–Crippen MR) is 78.2 cm³/mol. The van der Waals surface area contributed by atoms with Crippen LogP contribution in [0.4, 0.5) is 0 Å². The summed E-state index contributed by atoms with van der Waals surface area (Å²) < 4.78 is 0. The van der Waals surface area contributed by atoms with E-state index in [1.165, 1.54) is 17.4 Å². The van der Waals surface area contributed by atoms with E-state index in [2.05, 4.69) is 22.1 Å². The van der Waals surface area contributed by atoms with E-state index in [1.807, 2.05) is 6.07 Å². The van der Waals surface area contributed by atoms with E-state index in [9.17, 15) is 14.7 Å². The fraction of sp³-hybridized carbons (Fsp3) is 0.143. The molecule has 7 heteroatoms. The number of nitrogens with one attached hydrogen (secondary N) is 2. The van der Waals surface area contributed by atoms with Gasteiger partial charge in [0.1, 0.15) is 6.61 Å². The number of thiophene rings is 1. The molecule has 0 aliphatic rings. The first-order valence-electron chi connectivity index (χ1n) is 5.98. The van der Waals surface area contributed by atoms with Crippen molar-refractivity contribution in [2.45, 2.75) is 6.54 Å². The molecule has 2 heterocycles. The topological polar surface area (TPSA) is 102 Å². The molecule has 0 unspecified atom stereocenters. The van der Waals surface area contributed by atoms with Crippen LogP contribution in [0.25, 0.3) is 0 Å². The molecule has 108 valence electrons. The van der Waals surface area contributed by atoms with Crippen molar-refractivity contribution in [3.05, 3.63) is 49.9 Å². The van der Waals surface area contributed by atoms with Crippen LogP contribution >= 0.6 is 11.3 Å². The van der Waals surface area contributed by atoms with Crippen molar-refractivity contribution in [3.63, 3.8) is 0 Å². The highest BCUT2D eigenvalue weighted by Crippen LogP contribution is 2.15. The molecule has 0 saturated carbocycles. The van der Waals surface area contributed by atoms with Crippen molar-refractivity contribution in [1.29, 1.82) is 0 Å². The lowest BCUT2D eigenvalue weighted by Crippen LogP contribution is -2.23. The highest BCUT2D eigenvalue weighted by Gasteiger charge is 2.08. The number of amides is 1. The van der Waals surface area contributed by atoms with Gasteiger partial charge < -0.3 is 15.5 Å². The number of H-pyrrole nitrogens is 1. The summed E-state index contributed by atoms with van der Waals surface area (Å²) in [7, 11) is 0. The van der Waals surface area contributed by atoms with E-state index in [4.69, 9.17) is 5.11 Å². The number of aromatic amines is 1. The molecular weight excluding hydrogens is 292 g/mol. The Morgan fingerprint density at radius 1 is 1.38 bits per heavy atom. The molecule has 0 saturated heterocycles. The molecule has 0 aliphatic carbocycles. The van der Waals surface area contributed by atoms with E-state index in [-0.39, 0.29) is 24.6 Å². The van der Waals surface area contributed by atoms with E-state index in [0.29, 0.717) is 0 Å². The maximum absolute atomic E-state index is 11.9. The minimum Gasteiger partial charge on any atom is -0.494 e. The number of pyridine rings is 1. The summed E-state index contributed by atoms with van der Waals surface area (Å²) >= 11 is 1.40. The summed E-state index contributed by atoms with van der Waals surface area (Å²) in [4.78, 5) is 26.9. The number of aliphatic hydroxyl groups is 1. The second kappa shape index (κ2) is 6.74. The number of rotatable bonds is 3. The Labute approximate surface area is 124 Å². The lowest BCUT2D eigenvalue weighted by molar-refractivity contribution is 0.0950. The van der Waals surface area contributed by atoms with Crippen molar-refractivity contribution in [1.82, 2.24) is 10.3 Å². The highest BCUT2D eigenvalue weighted by atomic mass is 32.1. The van der Waals surface area contributed by atoms with E-state index < -0.39 is 11.5 Å². The van der Waals surface area contributed by atoms with Crippen molar-refractivity contribution in [2.75, 3.05) is 6.61 Å². The van der Waals surface area contributed by atoms with Crippen LogP contribution in [0.15, 0.2) is 29.1 Å². The third-order valence-corrected chi connectivity index (χ3v) is 3.47. The Kier molecular flexibility index (Phi) is 4.77. The van der Waals surface area contributed by atoms with Crippen molar-refractivity contribution in [3.8, 4) is 17.7 Å². The van der Waals surface area contributed by atoms with Crippen LogP contribution in [-0.4, -0.2) is 27.7 Å². The molecule has 2 rings (SSSR count). The zero-order chi connectivity index (χ0) is 15.2. The number of carbonyl (C=O) groups excluding carboxylic acids is 1. The Balaban J connectivity index is 2.00. The molecule has 0 aliphatic heterocycles. The van der Waals surface area contributed by atoms with Crippen LogP contribution in [0.1, 0.15) is 20.1 Å². The largest absolute Gasteiger partial charge is 0.494 e. The maximum Gasteiger partial charge on any atom is 0.251 e. The Bertz CT molecular complexity index is 767. The normalized spacial score (nSPS) is 9.76. The van der Waals surface area contributed by atoms with Crippen LogP contribution < -0.4 is 10.9 Å². The fourth-order valence-corrected chi connectivity index (χ4v) is 2.42. The molecule has 0 atom stereocenters. The first-order valence-corrected chi connectivity index (χ1v) is 6.80. The number of aromatic nitrogens is 1. The molecule has 4 N–H and O–H groups in total. The fourth-order valence-electron chi connectivity index (χ4n) is 1.60. The van der Waals surface area contributed by atoms with E-state index in [1.54, 1.807) is 6.07 Å². The Morgan fingerprint density at radius 2 is 2.19 bits per heavy atom. The van der Waals surface area contributed by atoms with Crippen molar-refractivity contribution < 1.29 is 15.0 Å². The lowest BCUT2D eigenvalue weighted by Gasteiger charge is -2.03. The molecule has 2 aromatic heterocycles. The summed E-state index contributed by atoms with van der Waals surface area (Å²) in [6.07, 6.45) is 0. The van der Waals surface area contributed by atoms with Gasteiger partial charge in [-0.05, 0) is 12.1 Å². The minimum absolute atomic E-state index is 0.0908. The third-order valence-electron chi connectivity index (χ3n) is 2.47. The van der Waals surface area contributed by atoms with Crippen LogP contribution in [0, 0.1) is 11.8 Å². The molecule has 6 nitrogen and oxygen atoms in total. The van der Waals surface area contributed by atoms with Crippen LogP contribution in [0.5, 0.6) is 5.88 Å². The molecule has 21 heavy (non-hydrogen) atoms. The van der Waals surface area contributed by atoms with Crippen molar-refractivity contribution in [2.24, 2.45) is 0 Å².